The van der Waals surface area contributed by atoms with Gasteiger partial charge >= 0.3 is 0 Å². The van der Waals surface area contributed by atoms with Crippen LogP contribution in [0.3, 0.4) is 0 Å². The largest absolute Gasteiger partial charge is 0.497 e. The standard InChI is InChI=1S/C17H19NO4/c1-18(10-15-4-3-7-21-15)17(19)13-8-12-9-14(20-2)5-6-16(12)22-11-13/h3-7,9,13H,8,10-11H2,1-2H3. The minimum atomic E-state index is -0.181. The molecule has 116 valence electrons. The van der Waals surface area contributed by atoms with E-state index in [1.807, 2.05) is 30.3 Å². The van der Waals surface area contributed by atoms with Gasteiger partial charge in [-0.15, -0.1) is 0 Å². The Morgan fingerprint density at radius 3 is 3.00 bits per heavy atom. The second-order valence-corrected chi connectivity index (χ2v) is 5.46. The normalized spacial score (nSPS) is 16.5. The number of amides is 1. The smallest absolute Gasteiger partial charge is 0.229 e. The molecule has 22 heavy (non-hydrogen) atoms. The van der Waals surface area contributed by atoms with E-state index >= 15 is 0 Å². The number of nitrogens with zero attached hydrogens (tertiary/aromatic N) is 1. The first-order valence-electron chi connectivity index (χ1n) is 7.24. The molecule has 2 heterocycles. The summed E-state index contributed by atoms with van der Waals surface area (Å²) >= 11 is 0. The summed E-state index contributed by atoms with van der Waals surface area (Å²) in [5, 5.41) is 0. The molecule has 1 aliphatic heterocycles. The molecule has 1 aromatic carbocycles. The van der Waals surface area contributed by atoms with Crippen molar-refractivity contribution in [2.24, 2.45) is 5.92 Å². The predicted molar refractivity (Wildman–Crippen MR) is 80.9 cm³/mol. The maximum absolute atomic E-state index is 12.6. The molecule has 1 unspecified atom stereocenters. The minimum absolute atomic E-state index is 0.0601. The molecule has 1 aromatic heterocycles. The van der Waals surface area contributed by atoms with Crippen molar-refractivity contribution in [1.29, 1.82) is 0 Å². The van der Waals surface area contributed by atoms with Crippen LogP contribution in [-0.2, 0) is 17.8 Å². The Kier molecular flexibility index (Phi) is 4.04. The van der Waals surface area contributed by atoms with Gasteiger partial charge in [0.05, 0.1) is 25.8 Å². The van der Waals surface area contributed by atoms with Crippen LogP contribution in [0.15, 0.2) is 41.0 Å². The highest BCUT2D eigenvalue weighted by atomic mass is 16.5. The highest BCUT2D eigenvalue weighted by molar-refractivity contribution is 5.79. The zero-order chi connectivity index (χ0) is 15.5. The molecular weight excluding hydrogens is 282 g/mol. The molecule has 1 atom stereocenters. The van der Waals surface area contributed by atoms with Crippen molar-refractivity contribution in [3.05, 3.63) is 47.9 Å². The van der Waals surface area contributed by atoms with Crippen molar-refractivity contribution in [3.8, 4) is 11.5 Å². The van der Waals surface area contributed by atoms with Crippen molar-refractivity contribution in [2.75, 3.05) is 20.8 Å². The lowest BCUT2D eigenvalue weighted by atomic mass is 9.95. The summed E-state index contributed by atoms with van der Waals surface area (Å²) in [6.07, 6.45) is 2.27. The summed E-state index contributed by atoms with van der Waals surface area (Å²) < 4.78 is 16.2. The number of furan rings is 1. The van der Waals surface area contributed by atoms with E-state index in [1.165, 1.54) is 0 Å². The monoisotopic (exact) mass is 301 g/mol. The third-order valence-electron chi connectivity index (χ3n) is 3.87. The molecule has 0 saturated carbocycles. The van der Waals surface area contributed by atoms with E-state index in [0.29, 0.717) is 19.6 Å². The van der Waals surface area contributed by atoms with Crippen molar-refractivity contribution in [1.82, 2.24) is 4.90 Å². The van der Waals surface area contributed by atoms with Gasteiger partial charge in [0.15, 0.2) is 0 Å². The summed E-state index contributed by atoms with van der Waals surface area (Å²) in [5.41, 5.74) is 1.01. The molecule has 0 saturated heterocycles. The van der Waals surface area contributed by atoms with Crippen LogP contribution in [0.1, 0.15) is 11.3 Å². The summed E-state index contributed by atoms with van der Waals surface area (Å²) in [6.45, 7) is 0.869. The fourth-order valence-electron chi connectivity index (χ4n) is 2.68. The van der Waals surface area contributed by atoms with Crippen molar-refractivity contribution >= 4 is 5.91 Å². The first-order chi connectivity index (χ1) is 10.7. The van der Waals surface area contributed by atoms with E-state index in [0.717, 1.165) is 22.8 Å². The van der Waals surface area contributed by atoms with E-state index in [2.05, 4.69) is 0 Å². The van der Waals surface area contributed by atoms with Crippen LogP contribution in [-0.4, -0.2) is 31.6 Å². The molecule has 5 nitrogen and oxygen atoms in total. The van der Waals surface area contributed by atoms with Crippen LogP contribution in [0.4, 0.5) is 0 Å². The lowest BCUT2D eigenvalue weighted by molar-refractivity contribution is -0.136. The number of benzene rings is 1. The quantitative estimate of drug-likeness (QED) is 0.870. The van der Waals surface area contributed by atoms with Gasteiger partial charge < -0.3 is 18.8 Å². The first kappa shape index (κ1) is 14.5. The fourth-order valence-corrected chi connectivity index (χ4v) is 2.68. The SMILES string of the molecule is COc1ccc2c(c1)CC(C(=O)N(C)Cc1ccco1)CO2. The van der Waals surface area contributed by atoms with Gasteiger partial charge in [0.1, 0.15) is 23.9 Å². The Hall–Kier alpha value is -2.43. The van der Waals surface area contributed by atoms with Crippen LogP contribution < -0.4 is 9.47 Å². The Morgan fingerprint density at radius 2 is 2.27 bits per heavy atom. The van der Waals surface area contributed by atoms with Gasteiger partial charge in [-0.2, -0.15) is 0 Å². The molecule has 1 aliphatic rings. The second-order valence-electron chi connectivity index (χ2n) is 5.46. The van der Waals surface area contributed by atoms with E-state index in [9.17, 15) is 4.79 Å². The molecule has 0 radical (unpaired) electrons. The molecule has 0 fully saturated rings. The number of fused-ring (bicyclic) bond motifs is 1. The Morgan fingerprint density at radius 1 is 1.41 bits per heavy atom. The predicted octanol–water partition coefficient (Wildman–Crippen LogP) is 2.50. The lowest BCUT2D eigenvalue weighted by Crippen LogP contribution is -2.38. The maximum atomic E-state index is 12.6. The number of carbonyl (C=O) groups is 1. The van der Waals surface area contributed by atoms with Gasteiger partial charge in [-0.05, 0) is 42.3 Å². The van der Waals surface area contributed by atoms with E-state index in [4.69, 9.17) is 13.9 Å². The highest BCUT2D eigenvalue weighted by Crippen LogP contribution is 2.31. The van der Waals surface area contributed by atoms with Crippen molar-refractivity contribution < 1.29 is 18.7 Å². The van der Waals surface area contributed by atoms with Crippen LogP contribution >= 0.6 is 0 Å². The minimum Gasteiger partial charge on any atom is -0.497 e. The summed E-state index contributed by atoms with van der Waals surface area (Å²) in [6, 6.07) is 9.37. The number of ether oxygens (including phenoxy) is 2. The van der Waals surface area contributed by atoms with Crippen LogP contribution in [0.25, 0.3) is 0 Å². The number of rotatable bonds is 4. The zero-order valence-electron chi connectivity index (χ0n) is 12.7. The molecule has 0 N–H and O–H groups in total. The molecule has 5 heteroatoms. The van der Waals surface area contributed by atoms with Gasteiger partial charge in [0, 0.05) is 7.05 Å². The number of hydrogen-bond donors (Lipinski definition) is 0. The summed E-state index contributed by atoms with van der Waals surface area (Å²) in [5.74, 6) is 2.26. The van der Waals surface area contributed by atoms with Gasteiger partial charge in [-0.3, -0.25) is 4.79 Å². The van der Waals surface area contributed by atoms with Crippen LogP contribution in [0.5, 0.6) is 11.5 Å². The number of hydrogen-bond acceptors (Lipinski definition) is 4. The molecule has 0 aliphatic carbocycles. The Balaban J connectivity index is 1.69. The third kappa shape index (κ3) is 2.93. The molecule has 2 aromatic rings. The molecule has 1 amide bonds. The first-order valence-corrected chi connectivity index (χ1v) is 7.24. The molecule has 0 spiro atoms. The van der Waals surface area contributed by atoms with Crippen LogP contribution in [0.2, 0.25) is 0 Å². The summed E-state index contributed by atoms with van der Waals surface area (Å²) in [4.78, 5) is 14.2. The van der Waals surface area contributed by atoms with E-state index in [1.54, 1.807) is 25.3 Å². The molecule has 3 rings (SSSR count). The van der Waals surface area contributed by atoms with Crippen LogP contribution in [0, 0.1) is 5.92 Å². The number of methoxy groups -OCH3 is 1. The van der Waals surface area contributed by atoms with Crippen molar-refractivity contribution in [3.63, 3.8) is 0 Å². The summed E-state index contributed by atoms with van der Waals surface area (Å²) in [7, 11) is 3.41. The lowest BCUT2D eigenvalue weighted by Gasteiger charge is -2.28. The Bertz CT molecular complexity index is 651. The van der Waals surface area contributed by atoms with Gasteiger partial charge in [-0.1, -0.05) is 0 Å². The average Bonchev–Trinajstić information content (AvgIpc) is 3.05. The average molecular weight is 301 g/mol. The maximum Gasteiger partial charge on any atom is 0.229 e. The molecular formula is C17H19NO4. The Labute approximate surface area is 129 Å². The third-order valence-corrected chi connectivity index (χ3v) is 3.87. The van der Waals surface area contributed by atoms with Gasteiger partial charge in [-0.25, -0.2) is 0 Å². The zero-order valence-corrected chi connectivity index (χ0v) is 12.7. The highest BCUT2D eigenvalue weighted by Gasteiger charge is 2.28. The second kappa shape index (κ2) is 6.13. The van der Waals surface area contributed by atoms with Crippen molar-refractivity contribution in [2.45, 2.75) is 13.0 Å². The van der Waals surface area contributed by atoms with Gasteiger partial charge in [0.2, 0.25) is 5.91 Å². The van der Waals surface area contributed by atoms with E-state index < -0.39 is 0 Å². The van der Waals surface area contributed by atoms with Gasteiger partial charge in [0.25, 0.3) is 0 Å². The number of carbonyl (C=O) groups excluding carboxylic acids is 1. The fraction of sp³-hybridized carbons (Fsp3) is 0.353. The topological polar surface area (TPSA) is 51.9 Å². The molecule has 0 bridgehead atoms. The van der Waals surface area contributed by atoms with E-state index in [-0.39, 0.29) is 11.8 Å².